The fourth-order valence-corrected chi connectivity index (χ4v) is 5.23. The van der Waals surface area contributed by atoms with Gasteiger partial charge >= 0.3 is 12.2 Å². The number of nitrogens with zero attached hydrogens (tertiary/aromatic N) is 6. The number of halogens is 3. The molecule has 5 rings (SSSR count). The molecule has 12 heteroatoms. The Hall–Kier alpha value is -3.67. The summed E-state index contributed by atoms with van der Waals surface area (Å²) in [7, 11) is 2.04. The number of benzene rings is 1. The first-order valence-corrected chi connectivity index (χ1v) is 13.4. The van der Waals surface area contributed by atoms with Gasteiger partial charge in [0.2, 0.25) is 5.95 Å². The molecule has 0 spiro atoms. The molecule has 2 saturated heterocycles. The van der Waals surface area contributed by atoms with Crippen LogP contribution in [0, 0.1) is 11.3 Å². The van der Waals surface area contributed by atoms with E-state index in [1.165, 1.54) is 12.3 Å². The van der Waals surface area contributed by atoms with Crippen LogP contribution in [0.4, 0.5) is 29.6 Å². The van der Waals surface area contributed by atoms with Crippen LogP contribution in [0.5, 0.6) is 0 Å². The third-order valence-electron chi connectivity index (χ3n) is 7.77. The van der Waals surface area contributed by atoms with Gasteiger partial charge in [-0.25, -0.2) is 14.8 Å². The van der Waals surface area contributed by atoms with Crippen LogP contribution in [0.25, 0.3) is 11.3 Å². The van der Waals surface area contributed by atoms with Gasteiger partial charge in [0.25, 0.3) is 0 Å². The van der Waals surface area contributed by atoms with Crippen LogP contribution < -0.4 is 10.6 Å². The molecule has 1 unspecified atom stereocenters. The van der Waals surface area contributed by atoms with Crippen molar-refractivity contribution in [2.45, 2.75) is 46.0 Å². The first kappa shape index (κ1) is 27.9. The van der Waals surface area contributed by atoms with E-state index in [4.69, 9.17) is 0 Å². The van der Waals surface area contributed by atoms with Crippen molar-refractivity contribution in [1.82, 2.24) is 34.9 Å². The minimum absolute atomic E-state index is 0.00220. The van der Waals surface area contributed by atoms with E-state index < -0.39 is 11.7 Å². The lowest BCUT2D eigenvalue weighted by Gasteiger charge is -2.36. The van der Waals surface area contributed by atoms with Gasteiger partial charge in [0.05, 0.1) is 29.2 Å². The number of urea groups is 1. The van der Waals surface area contributed by atoms with Gasteiger partial charge in [-0.1, -0.05) is 32.9 Å². The van der Waals surface area contributed by atoms with Crippen LogP contribution in [0.3, 0.4) is 0 Å². The highest BCUT2D eigenvalue weighted by molar-refractivity contribution is 5.74. The number of amides is 2. The quantitative estimate of drug-likeness (QED) is 0.436. The Labute approximate surface area is 231 Å². The van der Waals surface area contributed by atoms with Crippen LogP contribution >= 0.6 is 0 Å². The summed E-state index contributed by atoms with van der Waals surface area (Å²) in [6.07, 6.45) is 1.32. The summed E-state index contributed by atoms with van der Waals surface area (Å²) < 4.78 is 44.1. The van der Waals surface area contributed by atoms with Crippen molar-refractivity contribution in [3.8, 4) is 11.3 Å². The topological polar surface area (TPSA) is 91.2 Å². The van der Waals surface area contributed by atoms with Crippen molar-refractivity contribution < 1.29 is 18.0 Å². The smallest absolute Gasteiger partial charge is 0.334 e. The predicted molar refractivity (Wildman–Crippen MR) is 146 cm³/mol. The number of hydrogen-bond donors (Lipinski definition) is 2. The molecule has 1 aromatic carbocycles. The van der Waals surface area contributed by atoms with Gasteiger partial charge in [0.15, 0.2) is 0 Å². The van der Waals surface area contributed by atoms with Crippen molar-refractivity contribution in [1.29, 1.82) is 0 Å². The van der Waals surface area contributed by atoms with E-state index in [0.29, 0.717) is 42.0 Å². The maximum atomic E-state index is 14.1. The van der Waals surface area contributed by atoms with Crippen LogP contribution in [-0.2, 0) is 12.7 Å². The number of carbonyl (C=O) groups excluding carboxylic acids is 1. The van der Waals surface area contributed by atoms with Gasteiger partial charge in [-0.3, -0.25) is 4.68 Å². The Bertz CT molecular complexity index is 1360. The molecule has 0 aliphatic carbocycles. The molecule has 2 aliphatic rings. The van der Waals surface area contributed by atoms with E-state index in [1.54, 1.807) is 23.2 Å². The Kier molecular flexibility index (Phi) is 7.47. The highest BCUT2D eigenvalue weighted by atomic mass is 19.4. The van der Waals surface area contributed by atoms with E-state index >= 15 is 0 Å². The monoisotopic (exact) mass is 556 g/mol. The Balaban J connectivity index is 1.28. The number of carbonyl (C=O) groups is 1. The second-order valence-electron chi connectivity index (χ2n) is 11.8. The summed E-state index contributed by atoms with van der Waals surface area (Å²) in [6, 6.07) is 5.59. The van der Waals surface area contributed by atoms with Gasteiger partial charge in [-0.15, -0.1) is 0 Å². The molecule has 1 atom stereocenters. The summed E-state index contributed by atoms with van der Waals surface area (Å²) in [5, 5.41) is 10.1. The van der Waals surface area contributed by atoms with Crippen LogP contribution in [0.15, 0.2) is 42.9 Å². The zero-order valence-electron chi connectivity index (χ0n) is 23.2. The van der Waals surface area contributed by atoms with E-state index in [9.17, 15) is 18.0 Å². The predicted octanol–water partition coefficient (Wildman–Crippen LogP) is 5.17. The minimum atomic E-state index is -4.60. The Morgan fingerprint density at radius 1 is 1.12 bits per heavy atom. The van der Waals surface area contributed by atoms with Crippen molar-refractivity contribution in [2.24, 2.45) is 11.3 Å². The molecular weight excluding hydrogens is 521 g/mol. The number of hydrogen-bond acceptors (Lipinski definition) is 6. The third kappa shape index (κ3) is 6.22. The molecule has 0 saturated carbocycles. The molecule has 3 aromatic rings. The molecule has 0 radical (unpaired) electrons. The fourth-order valence-electron chi connectivity index (χ4n) is 5.23. The lowest BCUT2D eigenvalue weighted by Crippen LogP contribution is -2.45. The van der Waals surface area contributed by atoms with Gasteiger partial charge in [0, 0.05) is 50.7 Å². The Morgan fingerprint density at radius 2 is 1.90 bits per heavy atom. The molecule has 40 heavy (non-hydrogen) atoms. The average Bonchev–Trinajstić information content (AvgIpc) is 3.55. The zero-order chi connectivity index (χ0) is 28.7. The molecule has 4 heterocycles. The molecule has 2 aromatic heterocycles. The second-order valence-corrected chi connectivity index (χ2v) is 11.8. The lowest BCUT2D eigenvalue weighted by atomic mass is 9.80. The molecule has 2 fully saturated rings. The average molecular weight is 557 g/mol. The van der Waals surface area contributed by atoms with Gasteiger partial charge in [0.1, 0.15) is 0 Å². The van der Waals surface area contributed by atoms with Gasteiger partial charge in [-0.05, 0) is 42.5 Å². The number of rotatable bonds is 6. The summed E-state index contributed by atoms with van der Waals surface area (Å²) >= 11 is 0. The molecule has 214 valence electrons. The Morgan fingerprint density at radius 3 is 2.58 bits per heavy atom. The van der Waals surface area contributed by atoms with Crippen molar-refractivity contribution in [3.05, 3.63) is 54.0 Å². The zero-order valence-corrected chi connectivity index (χ0v) is 23.2. The van der Waals surface area contributed by atoms with E-state index in [2.05, 4.69) is 51.4 Å². The summed E-state index contributed by atoms with van der Waals surface area (Å²) in [5.74, 6) is 0.614. The van der Waals surface area contributed by atoms with Gasteiger partial charge in [-0.2, -0.15) is 18.3 Å². The minimum Gasteiger partial charge on any atom is -0.334 e. The molecule has 0 bridgehead atoms. The fraction of sp³-hybridized carbons (Fsp3) is 0.500. The first-order chi connectivity index (χ1) is 18.9. The van der Waals surface area contributed by atoms with E-state index in [-0.39, 0.29) is 29.5 Å². The molecule has 2 amide bonds. The first-order valence-electron chi connectivity index (χ1n) is 13.4. The number of likely N-dealkylation sites (N-methyl/N-ethyl adjacent to an activating group) is 1. The normalized spacial score (nSPS) is 18.6. The highest BCUT2D eigenvalue weighted by Crippen LogP contribution is 2.36. The standard InChI is InChI=1S/C28H35F3N8O/c1-27(2,3)20-8-10-38(14-20)26(40)33-12-19-6-5-18(11-23(19)28(29,30)31)24-7-9-32-25(36-24)35-21-13-34-39(15-21)22-16-37(4)17-22/h5-7,9,11,13,15,20,22H,8,10,12,14,16-17H2,1-4H3,(H,33,40)(H,32,35,36). The van der Waals surface area contributed by atoms with Crippen LogP contribution in [0.1, 0.15) is 44.4 Å². The molecule has 2 N–H and O–H groups in total. The van der Waals surface area contributed by atoms with E-state index in [0.717, 1.165) is 25.6 Å². The molecule has 2 aliphatic heterocycles. The van der Waals surface area contributed by atoms with Crippen molar-refractivity contribution in [3.63, 3.8) is 0 Å². The maximum Gasteiger partial charge on any atom is 0.416 e. The van der Waals surface area contributed by atoms with Crippen LogP contribution in [-0.4, -0.2) is 68.8 Å². The number of nitrogens with one attached hydrogen (secondary N) is 2. The SMILES string of the molecule is CN1CC(n2cc(Nc3nccc(-c4ccc(CNC(=O)N5CCC(C(C)(C)C)C5)c(C(F)(F)F)c4)n3)cn2)C1. The number of anilines is 2. The summed E-state index contributed by atoms with van der Waals surface area (Å²) in [6.45, 7) is 9.22. The molecule has 9 nitrogen and oxygen atoms in total. The van der Waals surface area contributed by atoms with Crippen molar-refractivity contribution in [2.75, 3.05) is 38.5 Å². The summed E-state index contributed by atoms with van der Waals surface area (Å²) in [4.78, 5) is 25.2. The maximum absolute atomic E-state index is 14.1. The number of likely N-dealkylation sites (tertiary alicyclic amines) is 2. The highest BCUT2D eigenvalue weighted by Gasteiger charge is 2.36. The number of alkyl halides is 3. The lowest BCUT2D eigenvalue weighted by molar-refractivity contribution is -0.138. The largest absolute Gasteiger partial charge is 0.416 e. The number of aromatic nitrogens is 4. The van der Waals surface area contributed by atoms with Crippen LogP contribution in [0.2, 0.25) is 0 Å². The second kappa shape index (κ2) is 10.7. The third-order valence-corrected chi connectivity index (χ3v) is 7.77. The van der Waals surface area contributed by atoms with Gasteiger partial charge < -0.3 is 20.4 Å². The van der Waals surface area contributed by atoms with E-state index in [1.807, 2.05) is 17.9 Å². The molecular formula is C28H35F3N8O. The summed E-state index contributed by atoms with van der Waals surface area (Å²) in [5.41, 5.74) is 0.600. The van der Waals surface area contributed by atoms with Crippen molar-refractivity contribution >= 4 is 17.7 Å².